The number of non-ortho nitro benzene ring substituents is 2. The molecule has 0 amide bonds. The molecule has 0 bridgehead atoms. The maximum atomic E-state index is 12.1. The van der Waals surface area contributed by atoms with Gasteiger partial charge in [0.25, 0.3) is 11.4 Å². The number of nitrogens with zero attached hydrogens (tertiary/aromatic N) is 3. The molecule has 0 aliphatic carbocycles. The van der Waals surface area contributed by atoms with Crippen LogP contribution in [-0.2, 0) is 0 Å². The number of hydrogen-bond donors (Lipinski definition) is 3. The van der Waals surface area contributed by atoms with E-state index in [-0.39, 0.29) is 23.6 Å². The first kappa shape index (κ1) is 26.1. The first-order valence-corrected chi connectivity index (χ1v) is 10.7. The Morgan fingerprint density at radius 2 is 1.21 bits per heavy atom. The average Bonchev–Trinajstić information content (AvgIpc) is 2.81. The van der Waals surface area contributed by atoms with Gasteiger partial charge in [0.1, 0.15) is 5.82 Å². The lowest BCUT2D eigenvalue weighted by Crippen LogP contribution is -2.35. The molecule has 10 nitrogen and oxygen atoms in total. The van der Waals surface area contributed by atoms with Crippen molar-refractivity contribution in [3.05, 3.63) is 74.6 Å². The molecule has 4 rings (SSSR count). The highest BCUT2D eigenvalue weighted by Crippen LogP contribution is 2.22. The number of benzene rings is 2. The van der Waals surface area contributed by atoms with Crippen molar-refractivity contribution in [1.82, 2.24) is 5.32 Å². The quantitative estimate of drug-likeness (QED) is 0.465. The van der Waals surface area contributed by atoms with E-state index in [1.165, 1.54) is 12.1 Å². The van der Waals surface area contributed by atoms with Crippen LogP contribution < -0.4 is 10.2 Å². The van der Waals surface area contributed by atoms with E-state index < -0.39 is 15.7 Å². The molecule has 0 atom stereocenters. The third-order valence-electron chi connectivity index (χ3n) is 5.24. The van der Waals surface area contributed by atoms with Crippen molar-refractivity contribution in [2.75, 3.05) is 31.1 Å². The summed E-state index contributed by atoms with van der Waals surface area (Å²) in [7, 11) is 0. The highest BCUT2D eigenvalue weighted by atomic mass is 19.1. The lowest BCUT2D eigenvalue weighted by molar-refractivity contribution is -0.385. The van der Waals surface area contributed by atoms with E-state index in [4.69, 9.17) is 5.11 Å². The Hall–Kier alpha value is -3.15. The van der Waals surface area contributed by atoms with Crippen LogP contribution in [0.5, 0.6) is 0 Å². The molecule has 0 saturated carbocycles. The van der Waals surface area contributed by atoms with Crippen LogP contribution in [0.25, 0.3) is 0 Å². The van der Waals surface area contributed by atoms with Crippen LogP contribution in [0.1, 0.15) is 25.7 Å². The van der Waals surface area contributed by atoms with Gasteiger partial charge in [0.15, 0.2) is 0 Å². The molecule has 2 aliphatic heterocycles. The summed E-state index contributed by atoms with van der Waals surface area (Å²) in [4.78, 5) is 21.7. The summed E-state index contributed by atoms with van der Waals surface area (Å²) < 4.78 is 12.1. The van der Waals surface area contributed by atoms with Crippen molar-refractivity contribution in [3.8, 4) is 0 Å². The van der Waals surface area contributed by atoms with Crippen LogP contribution in [0, 0.1) is 26.0 Å². The summed E-state index contributed by atoms with van der Waals surface area (Å²) >= 11 is 0. The summed E-state index contributed by atoms with van der Waals surface area (Å²) in [5.41, 5.74) is 1.000. The summed E-state index contributed by atoms with van der Waals surface area (Å²) in [6.45, 7) is 3.58. The van der Waals surface area contributed by atoms with E-state index in [0.29, 0.717) is 0 Å². The van der Waals surface area contributed by atoms with Crippen LogP contribution in [0.3, 0.4) is 0 Å². The minimum absolute atomic E-state index is 0.0266. The number of piperidine rings is 2. The minimum Gasteiger partial charge on any atom is -0.393 e. The Bertz CT molecular complexity index is 867. The Kier molecular flexibility index (Phi) is 10.6. The van der Waals surface area contributed by atoms with Crippen molar-refractivity contribution in [2.24, 2.45) is 0 Å². The fourth-order valence-electron chi connectivity index (χ4n) is 3.28. The second-order valence-corrected chi connectivity index (χ2v) is 7.71. The minimum atomic E-state index is -0.570. The fourth-order valence-corrected chi connectivity index (χ4v) is 3.28. The molecule has 3 N–H and O–H groups in total. The number of halogens is 1. The largest absolute Gasteiger partial charge is 0.393 e. The van der Waals surface area contributed by atoms with Gasteiger partial charge in [-0.3, -0.25) is 20.2 Å². The Morgan fingerprint density at radius 1 is 0.788 bits per heavy atom. The Morgan fingerprint density at radius 3 is 1.61 bits per heavy atom. The fraction of sp³-hybridized carbons (Fsp3) is 0.455. The van der Waals surface area contributed by atoms with Gasteiger partial charge in [0.05, 0.1) is 22.1 Å². The van der Waals surface area contributed by atoms with Crippen molar-refractivity contribution in [1.29, 1.82) is 0 Å². The maximum absolute atomic E-state index is 12.1. The molecule has 2 heterocycles. The van der Waals surface area contributed by atoms with Crippen LogP contribution >= 0.6 is 0 Å². The van der Waals surface area contributed by atoms with Crippen molar-refractivity contribution in [3.63, 3.8) is 0 Å². The summed E-state index contributed by atoms with van der Waals surface area (Å²) in [5, 5.41) is 41.9. The van der Waals surface area contributed by atoms with Gasteiger partial charge in [-0.25, -0.2) is 4.39 Å². The Labute approximate surface area is 191 Å². The van der Waals surface area contributed by atoms with Crippen molar-refractivity contribution in [2.45, 2.75) is 37.9 Å². The third-order valence-corrected chi connectivity index (χ3v) is 5.24. The van der Waals surface area contributed by atoms with Gasteiger partial charge in [-0.05, 0) is 63.0 Å². The van der Waals surface area contributed by atoms with Crippen LogP contribution in [0.2, 0.25) is 0 Å². The standard InChI is InChI=1S/C11H14N2O3.C6H4FNO2.C5H11NO/c14-11-5-7-12(8-6-11)9-1-3-10(4-2-9)13(15)16;7-5-1-3-6(4-2-5)8(9)10;7-5-1-3-6-4-2-5/h1-4,11,14H,5-8H2;1-4H;5-7H,1-4H2. The SMILES string of the molecule is O=[N+]([O-])c1ccc(F)cc1.O=[N+]([O-])c1ccc(N2CCC(O)CC2)cc1.OC1CCNCC1. The monoisotopic (exact) mass is 464 g/mol. The molecule has 2 aliphatic rings. The van der Waals surface area contributed by atoms with E-state index in [9.17, 15) is 29.7 Å². The van der Waals surface area contributed by atoms with E-state index in [1.54, 1.807) is 12.1 Å². The molecule has 33 heavy (non-hydrogen) atoms. The van der Waals surface area contributed by atoms with Gasteiger partial charge in [-0.15, -0.1) is 0 Å². The zero-order valence-electron chi connectivity index (χ0n) is 18.2. The van der Waals surface area contributed by atoms with Gasteiger partial charge in [-0.1, -0.05) is 0 Å². The number of aliphatic hydroxyl groups is 2. The summed E-state index contributed by atoms with van der Waals surface area (Å²) in [5.74, 6) is -0.467. The number of nitro groups is 2. The first-order chi connectivity index (χ1) is 15.8. The highest BCUT2D eigenvalue weighted by Gasteiger charge is 2.17. The molecular weight excluding hydrogens is 435 g/mol. The molecule has 2 saturated heterocycles. The van der Waals surface area contributed by atoms with Crippen LogP contribution in [0.4, 0.5) is 21.5 Å². The molecule has 0 unspecified atom stereocenters. The predicted octanol–water partition coefficient (Wildman–Crippen LogP) is 3.02. The van der Waals surface area contributed by atoms with Gasteiger partial charge >= 0.3 is 0 Å². The number of hydrogen-bond acceptors (Lipinski definition) is 8. The molecule has 2 aromatic carbocycles. The number of anilines is 1. The number of aliphatic hydroxyl groups excluding tert-OH is 2. The van der Waals surface area contributed by atoms with E-state index >= 15 is 0 Å². The third kappa shape index (κ3) is 9.48. The zero-order chi connectivity index (χ0) is 24.2. The summed E-state index contributed by atoms with van der Waals surface area (Å²) in [6.07, 6.45) is 3.16. The molecule has 180 valence electrons. The molecule has 2 fully saturated rings. The number of nitro benzene ring substituents is 2. The van der Waals surface area contributed by atoms with Crippen LogP contribution in [0.15, 0.2) is 48.5 Å². The highest BCUT2D eigenvalue weighted by molar-refractivity contribution is 5.51. The van der Waals surface area contributed by atoms with Gasteiger partial charge in [0.2, 0.25) is 0 Å². The van der Waals surface area contributed by atoms with Crippen molar-refractivity contribution >= 4 is 17.1 Å². The summed E-state index contributed by atoms with van der Waals surface area (Å²) in [6, 6.07) is 10.9. The van der Waals surface area contributed by atoms with E-state index in [2.05, 4.69) is 10.2 Å². The number of nitrogens with one attached hydrogen (secondary N) is 1. The second kappa shape index (κ2) is 13.4. The second-order valence-electron chi connectivity index (χ2n) is 7.71. The topological polar surface area (TPSA) is 142 Å². The maximum Gasteiger partial charge on any atom is 0.269 e. The van der Waals surface area contributed by atoms with Crippen LogP contribution in [-0.4, -0.2) is 58.4 Å². The molecule has 11 heteroatoms. The lowest BCUT2D eigenvalue weighted by Gasteiger charge is -2.31. The molecule has 0 radical (unpaired) electrons. The molecular formula is C22H29FN4O6. The zero-order valence-corrected chi connectivity index (χ0v) is 18.2. The predicted molar refractivity (Wildman–Crippen MR) is 122 cm³/mol. The lowest BCUT2D eigenvalue weighted by atomic mass is 10.1. The smallest absolute Gasteiger partial charge is 0.269 e. The number of rotatable bonds is 3. The van der Waals surface area contributed by atoms with Gasteiger partial charge in [0, 0.05) is 43.0 Å². The molecule has 2 aromatic rings. The van der Waals surface area contributed by atoms with E-state index in [0.717, 1.165) is 81.8 Å². The van der Waals surface area contributed by atoms with Gasteiger partial charge in [-0.2, -0.15) is 0 Å². The average molecular weight is 464 g/mol. The van der Waals surface area contributed by atoms with E-state index in [1.807, 2.05) is 0 Å². The van der Waals surface area contributed by atoms with Crippen molar-refractivity contribution < 1.29 is 24.5 Å². The molecule has 0 spiro atoms. The molecule has 0 aromatic heterocycles. The first-order valence-electron chi connectivity index (χ1n) is 10.7. The Balaban J connectivity index is 0.000000193. The normalized spacial score (nSPS) is 16.6. The van der Waals surface area contributed by atoms with Gasteiger partial charge < -0.3 is 20.4 Å².